The molecule has 0 saturated carbocycles. The number of halogens is 1. The van der Waals surface area contributed by atoms with Crippen molar-refractivity contribution in [2.24, 2.45) is 0 Å². The Morgan fingerprint density at radius 2 is 1.64 bits per heavy atom. The summed E-state index contributed by atoms with van der Waals surface area (Å²) in [5.74, 6) is 1.23. The van der Waals surface area contributed by atoms with Gasteiger partial charge in [-0.25, -0.2) is 4.98 Å². The van der Waals surface area contributed by atoms with E-state index in [4.69, 9.17) is 16.6 Å². The maximum atomic E-state index is 12.2. The van der Waals surface area contributed by atoms with Gasteiger partial charge in [-0.3, -0.25) is 4.79 Å². The summed E-state index contributed by atoms with van der Waals surface area (Å²) < 4.78 is 2.43. The molecule has 33 heavy (non-hydrogen) atoms. The Morgan fingerprint density at radius 1 is 0.909 bits per heavy atom. The standard InChI is InChI=1S/C28H38ClN3O/c1-2-3-4-5-6-14-21-32-26-18-12-11-17-25(26)31-27(32)19-8-7-13-20-30-28(33)22-23-15-9-10-16-24(23)29/h9-12,15-18H,2-8,13-14,19-22H2,1H3,(H,30,33). The minimum atomic E-state index is 0.0313. The van der Waals surface area contributed by atoms with Crippen LogP contribution in [0.5, 0.6) is 0 Å². The molecule has 1 N–H and O–H groups in total. The van der Waals surface area contributed by atoms with Crippen LogP contribution in [0.2, 0.25) is 5.02 Å². The van der Waals surface area contributed by atoms with Crippen molar-refractivity contribution in [3.05, 3.63) is 64.9 Å². The summed E-state index contributed by atoms with van der Waals surface area (Å²) in [6, 6.07) is 16.0. The number of aryl methyl sites for hydroxylation is 2. The van der Waals surface area contributed by atoms with Crippen LogP contribution in [0.1, 0.15) is 76.1 Å². The Labute approximate surface area is 203 Å². The molecule has 3 aromatic rings. The second kappa shape index (κ2) is 14.0. The predicted octanol–water partition coefficient (Wildman–Crippen LogP) is 7.12. The first-order valence-corrected chi connectivity index (χ1v) is 13.0. The lowest BCUT2D eigenvalue weighted by Gasteiger charge is -2.10. The number of hydrogen-bond acceptors (Lipinski definition) is 2. The summed E-state index contributed by atoms with van der Waals surface area (Å²) in [4.78, 5) is 17.1. The van der Waals surface area contributed by atoms with E-state index in [0.29, 0.717) is 18.0 Å². The second-order valence-corrected chi connectivity index (χ2v) is 9.27. The average Bonchev–Trinajstić information content (AvgIpc) is 3.17. The number of rotatable bonds is 15. The number of imidazole rings is 1. The van der Waals surface area contributed by atoms with E-state index in [1.54, 1.807) is 0 Å². The van der Waals surface area contributed by atoms with Crippen LogP contribution in [-0.4, -0.2) is 22.0 Å². The zero-order valence-electron chi connectivity index (χ0n) is 20.0. The Hall–Kier alpha value is -2.33. The van der Waals surface area contributed by atoms with Gasteiger partial charge in [0.25, 0.3) is 0 Å². The normalized spacial score (nSPS) is 11.2. The summed E-state index contributed by atoms with van der Waals surface area (Å²) in [6.07, 6.45) is 12.3. The zero-order valence-corrected chi connectivity index (χ0v) is 20.7. The van der Waals surface area contributed by atoms with Gasteiger partial charge in [0.2, 0.25) is 5.91 Å². The number of aromatic nitrogens is 2. The van der Waals surface area contributed by atoms with Crippen LogP contribution in [0.15, 0.2) is 48.5 Å². The molecule has 0 unspecified atom stereocenters. The molecule has 0 spiro atoms. The molecule has 2 aromatic carbocycles. The van der Waals surface area contributed by atoms with E-state index in [0.717, 1.165) is 43.3 Å². The van der Waals surface area contributed by atoms with Crippen LogP contribution < -0.4 is 5.32 Å². The van der Waals surface area contributed by atoms with E-state index < -0.39 is 0 Å². The molecule has 0 atom stereocenters. The lowest BCUT2D eigenvalue weighted by atomic mass is 10.1. The number of benzene rings is 2. The minimum absolute atomic E-state index is 0.0313. The Morgan fingerprint density at radius 3 is 2.48 bits per heavy atom. The predicted molar refractivity (Wildman–Crippen MR) is 139 cm³/mol. The molecular weight excluding hydrogens is 430 g/mol. The molecule has 178 valence electrons. The maximum Gasteiger partial charge on any atom is 0.224 e. The van der Waals surface area contributed by atoms with Crippen molar-refractivity contribution in [3.8, 4) is 0 Å². The molecule has 3 rings (SSSR count). The van der Waals surface area contributed by atoms with Gasteiger partial charge in [0.1, 0.15) is 5.82 Å². The average molecular weight is 468 g/mol. The third kappa shape index (κ3) is 8.19. The molecule has 0 fully saturated rings. The van der Waals surface area contributed by atoms with E-state index in [9.17, 15) is 4.79 Å². The zero-order chi connectivity index (χ0) is 23.3. The molecule has 0 radical (unpaired) electrons. The van der Waals surface area contributed by atoms with Gasteiger partial charge in [0, 0.05) is 24.5 Å². The van der Waals surface area contributed by atoms with Gasteiger partial charge in [-0.2, -0.15) is 0 Å². The number of nitrogens with zero attached hydrogens (tertiary/aromatic N) is 2. The fourth-order valence-electron chi connectivity index (χ4n) is 4.31. The van der Waals surface area contributed by atoms with Crippen LogP contribution in [0, 0.1) is 0 Å². The molecule has 1 heterocycles. The summed E-state index contributed by atoms with van der Waals surface area (Å²) in [7, 11) is 0. The molecule has 1 amide bonds. The Balaban J connectivity index is 1.40. The van der Waals surface area contributed by atoms with E-state index >= 15 is 0 Å². The summed E-state index contributed by atoms with van der Waals surface area (Å²) >= 11 is 6.14. The molecule has 0 aliphatic rings. The van der Waals surface area contributed by atoms with Crippen molar-refractivity contribution < 1.29 is 4.79 Å². The lowest BCUT2D eigenvalue weighted by Crippen LogP contribution is -2.26. The van der Waals surface area contributed by atoms with E-state index in [1.165, 1.54) is 49.9 Å². The highest BCUT2D eigenvalue weighted by molar-refractivity contribution is 6.31. The lowest BCUT2D eigenvalue weighted by molar-refractivity contribution is -0.120. The highest BCUT2D eigenvalue weighted by Crippen LogP contribution is 2.19. The van der Waals surface area contributed by atoms with Crippen molar-refractivity contribution in [1.82, 2.24) is 14.9 Å². The second-order valence-electron chi connectivity index (χ2n) is 8.86. The fourth-order valence-corrected chi connectivity index (χ4v) is 4.51. The van der Waals surface area contributed by atoms with E-state index in [2.05, 4.69) is 41.1 Å². The maximum absolute atomic E-state index is 12.2. The number of para-hydroxylation sites is 2. The van der Waals surface area contributed by atoms with Gasteiger partial charge < -0.3 is 9.88 Å². The molecule has 0 bridgehead atoms. The smallest absolute Gasteiger partial charge is 0.224 e. The molecular formula is C28H38ClN3O. The van der Waals surface area contributed by atoms with Gasteiger partial charge >= 0.3 is 0 Å². The minimum Gasteiger partial charge on any atom is -0.356 e. The van der Waals surface area contributed by atoms with Gasteiger partial charge in [-0.05, 0) is 43.0 Å². The summed E-state index contributed by atoms with van der Waals surface area (Å²) in [5, 5.41) is 3.67. The number of nitrogens with one attached hydrogen (secondary N) is 1. The third-order valence-corrected chi connectivity index (χ3v) is 6.55. The highest BCUT2D eigenvalue weighted by atomic mass is 35.5. The molecule has 4 nitrogen and oxygen atoms in total. The van der Waals surface area contributed by atoms with Crippen LogP contribution in [0.4, 0.5) is 0 Å². The monoisotopic (exact) mass is 467 g/mol. The van der Waals surface area contributed by atoms with Crippen molar-refractivity contribution in [2.75, 3.05) is 6.54 Å². The fraction of sp³-hybridized carbons (Fsp3) is 0.500. The van der Waals surface area contributed by atoms with E-state index in [1.807, 2.05) is 24.3 Å². The first-order valence-electron chi connectivity index (χ1n) is 12.6. The topological polar surface area (TPSA) is 46.9 Å². The van der Waals surface area contributed by atoms with Crippen LogP contribution in [0.3, 0.4) is 0 Å². The molecule has 0 aliphatic heterocycles. The van der Waals surface area contributed by atoms with Crippen LogP contribution in [0.25, 0.3) is 11.0 Å². The van der Waals surface area contributed by atoms with E-state index in [-0.39, 0.29) is 5.91 Å². The van der Waals surface area contributed by atoms with Gasteiger partial charge in [0.05, 0.1) is 17.5 Å². The van der Waals surface area contributed by atoms with Crippen LogP contribution in [-0.2, 0) is 24.2 Å². The van der Waals surface area contributed by atoms with Crippen molar-refractivity contribution in [2.45, 2.75) is 84.1 Å². The van der Waals surface area contributed by atoms with Gasteiger partial charge in [-0.15, -0.1) is 0 Å². The van der Waals surface area contributed by atoms with Crippen molar-refractivity contribution in [1.29, 1.82) is 0 Å². The summed E-state index contributed by atoms with van der Waals surface area (Å²) in [5.41, 5.74) is 3.24. The number of amides is 1. The molecule has 0 saturated heterocycles. The molecule has 0 aliphatic carbocycles. The first-order chi connectivity index (χ1) is 16.2. The van der Waals surface area contributed by atoms with Crippen LogP contribution >= 0.6 is 11.6 Å². The van der Waals surface area contributed by atoms with Gasteiger partial charge in [0.15, 0.2) is 0 Å². The number of carbonyl (C=O) groups excluding carboxylic acids is 1. The Bertz CT molecular complexity index is 998. The highest BCUT2D eigenvalue weighted by Gasteiger charge is 2.10. The van der Waals surface area contributed by atoms with Crippen molar-refractivity contribution in [3.63, 3.8) is 0 Å². The summed E-state index contributed by atoms with van der Waals surface area (Å²) in [6.45, 7) is 4.02. The Kier molecular flexibility index (Phi) is 10.8. The number of hydrogen-bond donors (Lipinski definition) is 1. The third-order valence-electron chi connectivity index (χ3n) is 6.18. The molecule has 5 heteroatoms. The number of fused-ring (bicyclic) bond motifs is 1. The largest absolute Gasteiger partial charge is 0.356 e. The van der Waals surface area contributed by atoms with Gasteiger partial charge in [-0.1, -0.05) is 87.4 Å². The number of unbranched alkanes of at least 4 members (excludes halogenated alkanes) is 7. The first kappa shape index (κ1) is 25.3. The molecule has 1 aromatic heterocycles. The number of carbonyl (C=O) groups is 1. The SMILES string of the molecule is CCCCCCCCn1c(CCCCCNC(=O)Cc2ccccc2Cl)nc2ccccc21. The van der Waals surface area contributed by atoms with Crippen molar-refractivity contribution >= 4 is 28.5 Å². The quantitative estimate of drug-likeness (QED) is 0.242.